The summed E-state index contributed by atoms with van der Waals surface area (Å²) in [5.41, 5.74) is -0.614. The van der Waals surface area contributed by atoms with Crippen molar-refractivity contribution in [3.05, 3.63) is 0 Å². The van der Waals surface area contributed by atoms with Crippen LogP contribution in [0.15, 0.2) is 0 Å². The zero-order valence-electron chi connectivity index (χ0n) is 8.25. The summed E-state index contributed by atoms with van der Waals surface area (Å²) in [5, 5.41) is 0. The van der Waals surface area contributed by atoms with E-state index in [0.29, 0.717) is 6.61 Å². The van der Waals surface area contributed by atoms with Gasteiger partial charge in [-0.2, -0.15) is 0 Å². The summed E-state index contributed by atoms with van der Waals surface area (Å²) in [6.45, 7) is 2.01. The van der Waals surface area contributed by atoms with Gasteiger partial charge in [-0.1, -0.05) is 0 Å². The third kappa shape index (κ3) is 1.25. The van der Waals surface area contributed by atoms with Gasteiger partial charge in [-0.25, -0.2) is 4.79 Å². The van der Waals surface area contributed by atoms with Crippen LogP contribution in [0.4, 0.5) is 0 Å². The predicted molar refractivity (Wildman–Crippen MR) is 47.7 cm³/mol. The van der Waals surface area contributed by atoms with Crippen molar-refractivity contribution in [2.75, 3.05) is 6.61 Å². The third-order valence-electron chi connectivity index (χ3n) is 2.94. The molecule has 1 spiro atoms. The Bertz CT molecular complexity index is 265. The number of carbonyl (C=O) groups is 2. The molecule has 1 atom stereocenters. The molecule has 78 valence electrons. The molecule has 0 radical (unpaired) electrons. The first-order chi connectivity index (χ1) is 6.69. The number of carbonyl (C=O) groups excluding carboxylic acids is 2. The molecule has 1 saturated carbocycles. The van der Waals surface area contributed by atoms with E-state index in [9.17, 15) is 9.59 Å². The smallest absolute Gasteiger partial charge is 0.343 e. The summed E-state index contributed by atoms with van der Waals surface area (Å²) in [6, 6.07) is 0. The number of hydrogen-bond donors (Lipinski definition) is 0. The van der Waals surface area contributed by atoms with Crippen molar-refractivity contribution in [2.45, 2.75) is 44.3 Å². The number of ketones is 1. The number of hydrogen-bond acceptors (Lipinski definition) is 4. The van der Waals surface area contributed by atoms with Crippen molar-refractivity contribution < 1.29 is 19.1 Å². The summed E-state index contributed by atoms with van der Waals surface area (Å²) >= 11 is 0. The van der Waals surface area contributed by atoms with E-state index in [2.05, 4.69) is 0 Å². The molecule has 2 aliphatic rings. The molecule has 2 rings (SSSR count). The molecule has 0 N–H and O–H groups in total. The lowest BCUT2D eigenvalue weighted by molar-refractivity contribution is -0.211. The molecule has 0 amide bonds. The molecule has 0 aromatic heterocycles. The van der Waals surface area contributed by atoms with E-state index in [1.54, 1.807) is 6.92 Å². The van der Waals surface area contributed by atoms with Crippen molar-refractivity contribution >= 4 is 11.8 Å². The first-order valence-corrected chi connectivity index (χ1v) is 5.08. The molecular weight excluding hydrogens is 184 g/mol. The summed E-state index contributed by atoms with van der Waals surface area (Å²) < 4.78 is 10.1. The number of esters is 1. The second-order valence-electron chi connectivity index (χ2n) is 3.82. The Morgan fingerprint density at radius 3 is 2.71 bits per heavy atom. The van der Waals surface area contributed by atoms with E-state index in [1.807, 2.05) is 0 Å². The zero-order valence-corrected chi connectivity index (χ0v) is 8.25. The average Bonchev–Trinajstić information content (AvgIpc) is 2.65. The van der Waals surface area contributed by atoms with Crippen molar-refractivity contribution in [3.8, 4) is 0 Å². The lowest BCUT2D eigenvalue weighted by atomic mass is 9.86. The molecule has 1 saturated heterocycles. The molecule has 0 bridgehead atoms. The Kier molecular flexibility index (Phi) is 2.31. The van der Waals surface area contributed by atoms with Crippen molar-refractivity contribution in [1.82, 2.24) is 0 Å². The predicted octanol–water partition coefficient (Wildman–Crippen LogP) is 0.830. The standard InChI is InChI=1S/C10H14O4/c1-2-13-9(12)7-8(11)10(14-7)5-3-4-6-10/h7H,2-6H2,1H3. The highest BCUT2D eigenvalue weighted by molar-refractivity contribution is 6.10. The molecule has 1 aliphatic heterocycles. The Morgan fingerprint density at radius 1 is 1.57 bits per heavy atom. The second kappa shape index (κ2) is 3.35. The van der Waals surface area contributed by atoms with Gasteiger partial charge in [0.05, 0.1) is 6.61 Å². The van der Waals surface area contributed by atoms with Gasteiger partial charge >= 0.3 is 5.97 Å². The SMILES string of the molecule is CCOC(=O)C1OC2(CCCC2)C1=O. The van der Waals surface area contributed by atoms with Crippen molar-refractivity contribution in [2.24, 2.45) is 0 Å². The minimum absolute atomic E-state index is 0.0755. The van der Waals surface area contributed by atoms with Crippen LogP contribution in [-0.2, 0) is 19.1 Å². The molecule has 14 heavy (non-hydrogen) atoms. The fourth-order valence-electron chi connectivity index (χ4n) is 2.20. The topological polar surface area (TPSA) is 52.6 Å². The maximum absolute atomic E-state index is 11.7. The van der Waals surface area contributed by atoms with E-state index in [1.165, 1.54) is 0 Å². The van der Waals surface area contributed by atoms with E-state index in [-0.39, 0.29) is 5.78 Å². The summed E-state index contributed by atoms with van der Waals surface area (Å²) in [6.07, 6.45) is 2.62. The van der Waals surface area contributed by atoms with Gasteiger partial charge in [-0.15, -0.1) is 0 Å². The van der Waals surface area contributed by atoms with Gasteiger partial charge in [0.15, 0.2) is 0 Å². The Labute approximate surface area is 82.6 Å². The fourth-order valence-corrected chi connectivity index (χ4v) is 2.20. The second-order valence-corrected chi connectivity index (χ2v) is 3.82. The van der Waals surface area contributed by atoms with Crippen LogP contribution in [0.2, 0.25) is 0 Å². The van der Waals surface area contributed by atoms with Crippen LogP contribution >= 0.6 is 0 Å². The van der Waals surface area contributed by atoms with Gasteiger partial charge < -0.3 is 9.47 Å². The highest BCUT2D eigenvalue weighted by Crippen LogP contribution is 2.43. The monoisotopic (exact) mass is 198 g/mol. The molecule has 1 aliphatic carbocycles. The molecule has 0 aromatic rings. The summed E-state index contributed by atoms with van der Waals surface area (Å²) in [4.78, 5) is 22.9. The van der Waals surface area contributed by atoms with Crippen LogP contribution in [0.3, 0.4) is 0 Å². The average molecular weight is 198 g/mol. The maximum Gasteiger partial charge on any atom is 0.343 e. The summed E-state index contributed by atoms with van der Waals surface area (Å²) in [7, 11) is 0. The van der Waals surface area contributed by atoms with Crippen molar-refractivity contribution in [3.63, 3.8) is 0 Å². The lowest BCUT2D eigenvalue weighted by Crippen LogP contribution is -2.62. The van der Waals surface area contributed by atoms with Crippen LogP contribution in [0, 0.1) is 0 Å². The molecule has 4 nitrogen and oxygen atoms in total. The van der Waals surface area contributed by atoms with Crippen LogP contribution in [0.5, 0.6) is 0 Å². The van der Waals surface area contributed by atoms with Crippen molar-refractivity contribution in [1.29, 1.82) is 0 Å². The van der Waals surface area contributed by atoms with E-state index in [0.717, 1.165) is 25.7 Å². The van der Waals surface area contributed by atoms with Crippen LogP contribution in [0.1, 0.15) is 32.6 Å². The van der Waals surface area contributed by atoms with E-state index in [4.69, 9.17) is 9.47 Å². The zero-order chi connectivity index (χ0) is 10.2. The fraction of sp³-hybridized carbons (Fsp3) is 0.800. The summed E-state index contributed by atoms with van der Waals surface area (Å²) in [5.74, 6) is -0.608. The lowest BCUT2D eigenvalue weighted by Gasteiger charge is -2.41. The third-order valence-corrected chi connectivity index (χ3v) is 2.94. The van der Waals surface area contributed by atoms with Crippen LogP contribution in [-0.4, -0.2) is 30.1 Å². The maximum atomic E-state index is 11.7. The minimum Gasteiger partial charge on any atom is -0.464 e. The normalized spacial score (nSPS) is 28.9. The van der Waals surface area contributed by atoms with E-state index >= 15 is 0 Å². The molecule has 1 heterocycles. The van der Waals surface area contributed by atoms with Crippen LogP contribution in [0.25, 0.3) is 0 Å². The largest absolute Gasteiger partial charge is 0.464 e. The van der Waals surface area contributed by atoms with Gasteiger partial charge in [-0.05, 0) is 32.6 Å². The minimum atomic E-state index is -0.937. The Morgan fingerprint density at radius 2 is 2.21 bits per heavy atom. The van der Waals surface area contributed by atoms with Gasteiger partial charge in [-0.3, -0.25) is 4.79 Å². The van der Waals surface area contributed by atoms with Gasteiger partial charge in [0.25, 0.3) is 0 Å². The number of ether oxygens (including phenoxy) is 2. The quantitative estimate of drug-likeness (QED) is 0.487. The first-order valence-electron chi connectivity index (χ1n) is 5.08. The number of rotatable bonds is 2. The first kappa shape index (κ1) is 9.65. The Hall–Kier alpha value is -0.900. The van der Waals surface area contributed by atoms with Gasteiger partial charge in [0.2, 0.25) is 11.9 Å². The van der Waals surface area contributed by atoms with Gasteiger partial charge in [0, 0.05) is 0 Å². The molecule has 1 unspecified atom stereocenters. The highest BCUT2D eigenvalue weighted by Gasteiger charge is 2.59. The molecular formula is C10H14O4. The van der Waals surface area contributed by atoms with E-state index < -0.39 is 17.7 Å². The molecule has 4 heteroatoms. The highest BCUT2D eigenvalue weighted by atomic mass is 16.6. The molecule has 2 fully saturated rings. The van der Waals surface area contributed by atoms with Gasteiger partial charge in [0.1, 0.15) is 5.60 Å². The molecule has 0 aromatic carbocycles. The number of Topliss-reactive ketones (excluding diaryl/α,β-unsaturated/α-hetero) is 1. The Balaban J connectivity index is 1.96. The van der Waals surface area contributed by atoms with Crippen LogP contribution < -0.4 is 0 Å².